The van der Waals surface area contributed by atoms with Crippen molar-refractivity contribution in [2.24, 2.45) is 0 Å². The van der Waals surface area contributed by atoms with Crippen LogP contribution in [0.4, 0.5) is 5.69 Å². The lowest BCUT2D eigenvalue weighted by Crippen LogP contribution is -2.10. The second-order valence-electron chi connectivity index (χ2n) is 4.26. The highest BCUT2D eigenvalue weighted by atomic mass is 32.2. The van der Waals surface area contributed by atoms with Crippen LogP contribution in [0.5, 0.6) is 5.75 Å². The number of nitrogens with zero attached hydrogens (tertiary/aromatic N) is 1. The fourth-order valence-electron chi connectivity index (χ4n) is 1.75. The van der Waals surface area contributed by atoms with E-state index in [0.717, 1.165) is 6.07 Å². The summed E-state index contributed by atoms with van der Waals surface area (Å²) in [5.74, 6) is -1.32. The Kier molecular flexibility index (Phi) is 4.97. The number of nitro groups is 1. The maximum Gasteiger partial charge on any atom is 0.343 e. The molecule has 0 radical (unpaired) electrons. The van der Waals surface area contributed by atoms with Crippen molar-refractivity contribution in [2.75, 3.05) is 0 Å². The van der Waals surface area contributed by atoms with Crippen LogP contribution in [0.25, 0.3) is 0 Å². The van der Waals surface area contributed by atoms with Gasteiger partial charge in [-0.2, -0.15) is 0 Å². The van der Waals surface area contributed by atoms with Gasteiger partial charge in [-0.1, -0.05) is 35.3 Å². The molecule has 0 saturated carbocycles. The van der Waals surface area contributed by atoms with Gasteiger partial charge in [-0.3, -0.25) is 14.3 Å². The molecule has 0 heterocycles. The molecule has 1 unspecified atom stereocenters. The van der Waals surface area contributed by atoms with Crippen LogP contribution in [0.15, 0.2) is 48.5 Å². The summed E-state index contributed by atoms with van der Waals surface area (Å²) >= 11 is -2.37. The Bertz CT molecular complexity index is 731. The largest absolute Gasteiger partial charge is 0.772 e. The van der Waals surface area contributed by atoms with Gasteiger partial charge in [0.15, 0.2) is 0 Å². The molecule has 0 spiro atoms. The molecule has 22 heavy (non-hydrogen) atoms. The van der Waals surface area contributed by atoms with Crippen molar-refractivity contribution in [3.8, 4) is 5.75 Å². The minimum atomic E-state index is -2.37. The number of esters is 1. The lowest BCUT2D eigenvalue weighted by Gasteiger charge is -2.08. The second-order valence-corrected chi connectivity index (χ2v) is 5.16. The first-order valence-corrected chi connectivity index (χ1v) is 7.32. The molecule has 0 bridgehead atoms. The summed E-state index contributed by atoms with van der Waals surface area (Å²) in [5.41, 5.74) is 0.0216. The van der Waals surface area contributed by atoms with E-state index in [-0.39, 0.29) is 22.6 Å². The van der Waals surface area contributed by atoms with E-state index < -0.39 is 27.7 Å². The Hall–Kier alpha value is -2.58. The van der Waals surface area contributed by atoms with Crippen LogP contribution in [0, 0.1) is 10.1 Å². The number of carbonyl (C=O) groups is 1. The second kappa shape index (κ2) is 6.92. The predicted octanol–water partition coefficient (Wildman–Crippen LogP) is 2.19. The van der Waals surface area contributed by atoms with Gasteiger partial charge >= 0.3 is 11.7 Å². The van der Waals surface area contributed by atoms with Gasteiger partial charge in [-0.25, -0.2) is 4.79 Å². The van der Waals surface area contributed by atoms with Crippen LogP contribution in [0.3, 0.4) is 0 Å². The first-order chi connectivity index (χ1) is 10.5. The molecule has 7 nitrogen and oxygen atoms in total. The SMILES string of the molecule is O=C(Oc1ccc(CS(=O)[O-])cc1[N+](=O)[O-])c1ccccc1. The lowest BCUT2D eigenvalue weighted by molar-refractivity contribution is -0.385. The smallest absolute Gasteiger partial charge is 0.343 e. The van der Waals surface area contributed by atoms with Crippen LogP contribution in [-0.2, 0) is 16.8 Å². The molecule has 2 rings (SSSR count). The van der Waals surface area contributed by atoms with E-state index in [4.69, 9.17) is 4.74 Å². The molecular weight excluding hydrogens is 310 g/mol. The zero-order chi connectivity index (χ0) is 16.1. The fourth-order valence-corrected chi connectivity index (χ4v) is 2.20. The molecule has 114 valence electrons. The zero-order valence-electron chi connectivity index (χ0n) is 11.1. The number of hydrogen-bond donors (Lipinski definition) is 0. The highest BCUT2D eigenvalue weighted by Gasteiger charge is 2.19. The summed E-state index contributed by atoms with van der Waals surface area (Å²) in [4.78, 5) is 22.2. The van der Waals surface area contributed by atoms with Crippen molar-refractivity contribution in [3.63, 3.8) is 0 Å². The number of hydrogen-bond acceptors (Lipinski definition) is 6. The minimum Gasteiger partial charge on any atom is -0.772 e. The predicted molar refractivity (Wildman–Crippen MR) is 77.1 cm³/mol. The Morgan fingerprint density at radius 3 is 2.45 bits per heavy atom. The third-order valence-corrected chi connectivity index (χ3v) is 3.29. The van der Waals surface area contributed by atoms with Gasteiger partial charge in [0.1, 0.15) is 0 Å². The highest BCUT2D eigenvalue weighted by molar-refractivity contribution is 7.78. The molecule has 0 amide bonds. The molecule has 1 atom stereocenters. The van der Waals surface area contributed by atoms with Gasteiger partial charge in [0.2, 0.25) is 5.75 Å². The average molecular weight is 320 g/mol. The summed E-state index contributed by atoms with van der Waals surface area (Å²) < 4.78 is 26.3. The van der Waals surface area contributed by atoms with E-state index in [2.05, 4.69) is 0 Å². The van der Waals surface area contributed by atoms with Crippen LogP contribution >= 0.6 is 0 Å². The molecular formula is C14H10NO6S-. The zero-order valence-corrected chi connectivity index (χ0v) is 11.9. The van der Waals surface area contributed by atoms with E-state index in [1.54, 1.807) is 18.2 Å². The molecule has 0 aliphatic carbocycles. The van der Waals surface area contributed by atoms with E-state index >= 15 is 0 Å². The van der Waals surface area contributed by atoms with Gasteiger partial charge < -0.3 is 9.29 Å². The molecule has 0 fully saturated rings. The Labute approximate surface area is 128 Å². The van der Waals surface area contributed by atoms with Crippen molar-refractivity contribution in [2.45, 2.75) is 5.75 Å². The van der Waals surface area contributed by atoms with Crippen molar-refractivity contribution >= 4 is 22.7 Å². The minimum absolute atomic E-state index is 0.236. The van der Waals surface area contributed by atoms with Crippen LogP contribution < -0.4 is 4.74 Å². The number of ether oxygens (including phenoxy) is 1. The van der Waals surface area contributed by atoms with Crippen LogP contribution in [0.2, 0.25) is 0 Å². The topological polar surface area (TPSA) is 110 Å². The summed E-state index contributed by atoms with van der Waals surface area (Å²) in [6.07, 6.45) is 0. The van der Waals surface area contributed by atoms with Crippen molar-refractivity contribution in [1.29, 1.82) is 0 Å². The first kappa shape index (κ1) is 15.8. The summed E-state index contributed by atoms with van der Waals surface area (Å²) in [5, 5.41) is 11.0. The molecule has 2 aromatic rings. The summed E-state index contributed by atoms with van der Waals surface area (Å²) in [6.45, 7) is 0. The maximum absolute atomic E-state index is 11.9. The van der Waals surface area contributed by atoms with Gasteiger partial charge in [0, 0.05) is 11.8 Å². The summed E-state index contributed by atoms with van der Waals surface area (Å²) in [7, 11) is 0. The molecule has 2 aromatic carbocycles. The highest BCUT2D eigenvalue weighted by Crippen LogP contribution is 2.29. The first-order valence-electron chi connectivity index (χ1n) is 6.08. The lowest BCUT2D eigenvalue weighted by atomic mass is 10.2. The monoisotopic (exact) mass is 320 g/mol. The maximum atomic E-state index is 11.9. The quantitative estimate of drug-likeness (QED) is 0.274. The molecule has 0 saturated heterocycles. The number of rotatable bonds is 5. The van der Waals surface area contributed by atoms with E-state index in [1.165, 1.54) is 24.3 Å². The number of benzene rings is 2. The van der Waals surface area contributed by atoms with Crippen molar-refractivity contribution in [1.82, 2.24) is 0 Å². The fraction of sp³-hybridized carbons (Fsp3) is 0.0714. The Morgan fingerprint density at radius 2 is 1.86 bits per heavy atom. The number of carbonyl (C=O) groups excluding carboxylic acids is 1. The van der Waals surface area contributed by atoms with Crippen LogP contribution in [-0.4, -0.2) is 19.7 Å². The third kappa shape index (κ3) is 3.96. The van der Waals surface area contributed by atoms with Crippen molar-refractivity contribution in [3.05, 3.63) is 69.8 Å². The molecule has 8 heteroatoms. The molecule has 0 aliphatic rings. The Morgan fingerprint density at radius 1 is 1.18 bits per heavy atom. The van der Waals surface area contributed by atoms with E-state index in [0.29, 0.717) is 0 Å². The van der Waals surface area contributed by atoms with Crippen molar-refractivity contribution < 1.29 is 23.2 Å². The molecule has 0 aromatic heterocycles. The number of nitro benzene ring substituents is 1. The molecule has 0 N–H and O–H groups in total. The average Bonchev–Trinajstić information content (AvgIpc) is 2.49. The third-order valence-electron chi connectivity index (χ3n) is 2.72. The van der Waals surface area contributed by atoms with E-state index in [1.807, 2.05) is 0 Å². The van der Waals surface area contributed by atoms with Gasteiger partial charge in [0.05, 0.1) is 10.5 Å². The van der Waals surface area contributed by atoms with Gasteiger partial charge in [-0.15, -0.1) is 0 Å². The van der Waals surface area contributed by atoms with Crippen LogP contribution in [0.1, 0.15) is 15.9 Å². The van der Waals surface area contributed by atoms with Gasteiger partial charge in [0.25, 0.3) is 0 Å². The standard InChI is InChI=1S/C14H11NO6S/c16-14(11-4-2-1-3-5-11)21-13-7-6-10(9-22(19)20)8-12(13)15(17)18/h1-8H,9H2,(H,19,20)/p-1. The normalized spacial score (nSPS) is 11.7. The van der Waals surface area contributed by atoms with Gasteiger partial charge in [-0.05, 0) is 23.8 Å². The molecule has 0 aliphatic heterocycles. The van der Waals surface area contributed by atoms with E-state index in [9.17, 15) is 23.7 Å². The summed E-state index contributed by atoms with van der Waals surface area (Å²) in [6, 6.07) is 11.7. The Balaban J connectivity index is 2.28.